The number of ether oxygens (including phenoxy) is 4. The van der Waals surface area contributed by atoms with Crippen LogP contribution in [0.4, 0.5) is 0 Å². The second-order valence-corrected chi connectivity index (χ2v) is 4.48. The van der Waals surface area contributed by atoms with Crippen molar-refractivity contribution in [2.75, 3.05) is 52.9 Å². The van der Waals surface area contributed by atoms with Crippen molar-refractivity contribution in [3.8, 4) is 0 Å². The van der Waals surface area contributed by atoms with Gasteiger partial charge in [0, 0.05) is 12.4 Å². The lowest BCUT2D eigenvalue weighted by atomic mass is 10.2. The normalized spacial score (nSPS) is 11.0. The van der Waals surface area contributed by atoms with Gasteiger partial charge in [-0.05, 0) is 17.2 Å². The van der Waals surface area contributed by atoms with Crippen LogP contribution in [0.15, 0.2) is 18.5 Å². The van der Waals surface area contributed by atoms with Gasteiger partial charge in [-0.3, -0.25) is 4.98 Å². The molecule has 0 aliphatic carbocycles. The first-order valence-corrected chi connectivity index (χ1v) is 7.32. The minimum Gasteiger partial charge on any atom is -0.394 e. The zero-order valence-electron chi connectivity index (χ0n) is 12.8. The molecular weight excluding hydrogens is 290 g/mol. The maximum absolute atomic E-state index is 8.56. The molecule has 1 aromatic rings. The number of nitrogens with zero attached hydrogens (tertiary/aromatic N) is 1. The lowest BCUT2D eigenvalue weighted by molar-refractivity contribution is 0.0259. The van der Waals surface area contributed by atoms with Crippen LogP contribution in [0, 0.1) is 0 Å². The average Bonchev–Trinajstić information content (AvgIpc) is 2.54. The number of hydrogen-bond acceptors (Lipinski definition) is 7. The molecule has 1 heterocycles. The van der Waals surface area contributed by atoms with Gasteiger partial charge in [0.15, 0.2) is 0 Å². The van der Waals surface area contributed by atoms with Crippen molar-refractivity contribution < 1.29 is 29.2 Å². The molecule has 0 saturated carbocycles. The summed E-state index contributed by atoms with van der Waals surface area (Å²) in [5, 5.41) is 17.1. The second kappa shape index (κ2) is 13.6. The van der Waals surface area contributed by atoms with Gasteiger partial charge in [0.1, 0.15) is 0 Å². The van der Waals surface area contributed by atoms with Crippen LogP contribution in [0.1, 0.15) is 11.1 Å². The van der Waals surface area contributed by atoms with Crippen molar-refractivity contribution in [2.45, 2.75) is 13.2 Å². The van der Waals surface area contributed by atoms with Crippen molar-refractivity contribution in [3.63, 3.8) is 0 Å². The van der Waals surface area contributed by atoms with Crippen LogP contribution in [0.25, 0.3) is 0 Å². The summed E-state index contributed by atoms with van der Waals surface area (Å²) < 4.78 is 21.1. The summed E-state index contributed by atoms with van der Waals surface area (Å²) in [5.74, 6) is 0. The third-order valence-corrected chi connectivity index (χ3v) is 2.60. The zero-order valence-corrected chi connectivity index (χ0v) is 12.8. The Labute approximate surface area is 130 Å². The first-order chi connectivity index (χ1) is 10.9. The Morgan fingerprint density at radius 1 is 0.682 bits per heavy atom. The maximum Gasteiger partial charge on any atom is 0.0733 e. The smallest absolute Gasteiger partial charge is 0.0733 e. The predicted octanol–water partition coefficient (Wildman–Crippen LogP) is 0.133. The molecule has 2 N–H and O–H groups in total. The van der Waals surface area contributed by atoms with Crippen LogP contribution in [0.3, 0.4) is 0 Å². The van der Waals surface area contributed by atoms with Gasteiger partial charge in [-0.1, -0.05) is 0 Å². The first-order valence-electron chi connectivity index (χ1n) is 7.32. The summed E-state index contributed by atoms with van der Waals surface area (Å²) in [7, 11) is 0. The SMILES string of the molecule is OCCOCCOCc1cncc(COCCOCCO)c1. The van der Waals surface area contributed by atoms with Gasteiger partial charge < -0.3 is 29.2 Å². The van der Waals surface area contributed by atoms with E-state index < -0.39 is 0 Å². The van der Waals surface area contributed by atoms with Gasteiger partial charge in [-0.25, -0.2) is 0 Å². The molecule has 22 heavy (non-hydrogen) atoms. The highest BCUT2D eigenvalue weighted by molar-refractivity contribution is 5.16. The molecule has 0 aromatic carbocycles. The summed E-state index contributed by atoms with van der Waals surface area (Å²) in [4.78, 5) is 4.15. The molecule has 0 aliphatic heterocycles. The van der Waals surface area contributed by atoms with Crippen LogP contribution < -0.4 is 0 Å². The average molecular weight is 315 g/mol. The van der Waals surface area contributed by atoms with E-state index in [9.17, 15) is 0 Å². The first kappa shape index (κ1) is 19.0. The summed E-state index contributed by atoms with van der Waals surface area (Å²) in [6, 6.07) is 1.98. The zero-order chi connectivity index (χ0) is 15.9. The Hall–Kier alpha value is -1.09. The molecular formula is C15H25NO6. The van der Waals surface area contributed by atoms with Gasteiger partial charge in [0.25, 0.3) is 0 Å². The van der Waals surface area contributed by atoms with Crippen LogP contribution in [0.5, 0.6) is 0 Å². The van der Waals surface area contributed by atoms with Gasteiger partial charge in [0.05, 0.1) is 66.1 Å². The highest BCUT2D eigenvalue weighted by Crippen LogP contribution is 2.06. The molecule has 1 aromatic heterocycles. The maximum atomic E-state index is 8.56. The molecule has 0 radical (unpaired) electrons. The fourth-order valence-corrected chi connectivity index (χ4v) is 1.65. The lowest BCUT2D eigenvalue weighted by Gasteiger charge is -2.08. The molecule has 0 bridgehead atoms. The van der Waals surface area contributed by atoms with Crippen LogP contribution in [-0.2, 0) is 32.2 Å². The second-order valence-electron chi connectivity index (χ2n) is 4.48. The lowest BCUT2D eigenvalue weighted by Crippen LogP contribution is -2.08. The van der Waals surface area contributed by atoms with E-state index in [-0.39, 0.29) is 13.2 Å². The molecule has 7 nitrogen and oxygen atoms in total. The third kappa shape index (κ3) is 9.78. The molecule has 0 spiro atoms. The Morgan fingerprint density at radius 3 is 1.59 bits per heavy atom. The summed E-state index contributed by atoms with van der Waals surface area (Å²) in [6.07, 6.45) is 3.50. The number of hydrogen-bond donors (Lipinski definition) is 2. The van der Waals surface area contributed by atoms with E-state index in [1.54, 1.807) is 12.4 Å². The van der Waals surface area contributed by atoms with Crippen LogP contribution >= 0.6 is 0 Å². The molecule has 0 aliphatic rings. The van der Waals surface area contributed by atoms with E-state index in [1.807, 2.05) is 6.07 Å². The number of rotatable bonds is 14. The minimum atomic E-state index is 0.0248. The predicted molar refractivity (Wildman–Crippen MR) is 79.4 cm³/mol. The molecule has 1 rings (SSSR count). The molecule has 0 atom stereocenters. The number of pyridine rings is 1. The third-order valence-electron chi connectivity index (χ3n) is 2.60. The summed E-state index contributed by atoms with van der Waals surface area (Å²) >= 11 is 0. The quantitative estimate of drug-likeness (QED) is 0.472. The molecule has 7 heteroatoms. The summed E-state index contributed by atoms with van der Waals surface area (Å²) in [5.41, 5.74) is 1.94. The van der Waals surface area contributed by atoms with Crippen molar-refractivity contribution in [2.24, 2.45) is 0 Å². The van der Waals surface area contributed by atoms with Crippen LogP contribution in [0.2, 0.25) is 0 Å². The Kier molecular flexibility index (Phi) is 11.7. The Bertz CT molecular complexity index is 346. The van der Waals surface area contributed by atoms with E-state index in [0.717, 1.165) is 11.1 Å². The molecule has 0 fully saturated rings. The van der Waals surface area contributed by atoms with E-state index in [4.69, 9.17) is 29.2 Å². The number of aromatic nitrogens is 1. The molecule has 126 valence electrons. The topological polar surface area (TPSA) is 90.3 Å². The van der Waals surface area contributed by atoms with Crippen molar-refractivity contribution >= 4 is 0 Å². The monoisotopic (exact) mass is 315 g/mol. The fourth-order valence-electron chi connectivity index (χ4n) is 1.65. The fraction of sp³-hybridized carbons (Fsp3) is 0.667. The number of aliphatic hydroxyl groups excluding tert-OH is 2. The van der Waals surface area contributed by atoms with E-state index in [0.29, 0.717) is 52.9 Å². The number of aliphatic hydroxyl groups is 2. The van der Waals surface area contributed by atoms with Crippen LogP contribution in [-0.4, -0.2) is 68.1 Å². The molecule has 0 unspecified atom stereocenters. The van der Waals surface area contributed by atoms with Gasteiger partial charge in [-0.2, -0.15) is 0 Å². The molecule has 0 amide bonds. The Morgan fingerprint density at radius 2 is 1.14 bits per heavy atom. The standard InChI is InChI=1S/C15H25NO6/c17-1-3-19-5-7-21-12-14-9-15(11-16-10-14)13-22-8-6-20-4-2-18/h9-11,17-18H,1-8,12-13H2. The van der Waals surface area contributed by atoms with Gasteiger partial charge >= 0.3 is 0 Å². The van der Waals surface area contributed by atoms with E-state index >= 15 is 0 Å². The van der Waals surface area contributed by atoms with Crippen molar-refractivity contribution in [1.29, 1.82) is 0 Å². The van der Waals surface area contributed by atoms with Gasteiger partial charge in [0.2, 0.25) is 0 Å². The minimum absolute atomic E-state index is 0.0248. The van der Waals surface area contributed by atoms with E-state index in [2.05, 4.69) is 4.98 Å². The highest BCUT2D eigenvalue weighted by atomic mass is 16.5. The molecule has 0 saturated heterocycles. The summed E-state index contributed by atoms with van der Waals surface area (Å²) in [6.45, 7) is 3.51. The van der Waals surface area contributed by atoms with Crippen molar-refractivity contribution in [3.05, 3.63) is 29.6 Å². The highest BCUT2D eigenvalue weighted by Gasteiger charge is 1.99. The van der Waals surface area contributed by atoms with Gasteiger partial charge in [-0.15, -0.1) is 0 Å². The van der Waals surface area contributed by atoms with Crippen molar-refractivity contribution in [1.82, 2.24) is 4.98 Å². The van der Waals surface area contributed by atoms with E-state index in [1.165, 1.54) is 0 Å². The Balaban J connectivity index is 2.13. The largest absolute Gasteiger partial charge is 0.394 e.